The monoisotopic (exact) mass is 344 g/mol. The molecule has 2 nitrogen and oxygen atoms in total. The van der Waals surface area contributed by atoms with Gasteiger partial charge in [0.05, 0.1) is 0 Å². The van der Waals surface area contributed by atoms with Crippen LogP contribution >= 0.6 is 22.6 Å². The second-order valence-corrected chi connectivity index (χ2v) is 6.37. The van der Waals surface area contributed by atoms with Gasteiger partial charge in [0.1, 0.15) is 0 Å². The van der Waals surface area contributed by atoms with Crippen molar-refractivity contribution in [2.45, 2.75) is 19.9 Å². The van der Waals surface area contributed by atoms with Crippen molar-refractivity contribution in [3.8, 4) is 0 Å². The van der Waals surface area contributed by atoms with Crippen LogP contribution in [0.15, 0.2) is 24.3 Å². The van der Waals surface area contributed by atoms with Gasteiger partial charge in [0.2, 0.25) is 0 Å². The van der Waals surface area contributed by atoms with E-state index in [1.54, 1.807) is 0 Å². The Labute approximate surface area is 118 Å². The molecule has 1 aliphatic rings. The van der Waals surface area contributed by atoms with Crippen molar-refractivity contribution in [2.24, 2.45) is 17.6 Å². The fourth-order valence-electron chi connectivity index (χ4n) is 2.57. The van der Waals surface area contributed by atoms with E-state index in [9.17, 15) is 0 Å². The molecular weight excluding hydrogens is 323 g/mol. The topological polar surface area (TPSA) is 29.3 Å². The zero-order valence-corrected chi connectivity index (χ0v) is 12.6. The summed E-state index contributed by atoms with van der Waals surface area (Å²) in [6, 6.07) is 8.78. The first-order chi connectivity index (χ1) is 8.19. The molecule has 2 N–H and O–H groups in total. The summed E-state index contributed by atoms with van der Waals surface area (Å²) in [5, 5.41) is 0. The lowest BCUT2D eigenvalue weighted by Crippen LogP contribution is -2.42. The summed E-state index contributed by atoms with van der Waals surface area (Å²) in [5.41, 5.74) is 7.26. The van der Waals surface area contributed by atoms with Crippen molar-refractivity contribution in [3.63, 3.8) is 0 Å². The quantitative estimate of drug-likeness (QED) is 0.855. The van der Waals surface area contributed by atoms with Gasteiger partial charge in [-0.3, -0.25) is 4.90 Å². The number of likely N-dealkylation sites (tertiary alicyclic amines) is 1. The van der Waals surface area contributed by atoms with Gasteiger partial charge in [0.15, 0.2) is 0 Å². The largest absolute Gasteiger partial charge is 0.330 e. The maximum absolute atomic E-state index is 5.85. The van der Waals surface area contributed by atoms with Gasteiger partial charge >= 0.3 is 0 Å². The summed E-state index contributed by atoms with van der Waals surface area (Å²) in [6.07, 6.45) is 1.28. The van der Waals surface area contributed by atoms with E-state index in [-0.39, 0.29) is 0 Å². The molecule has 1 heterocycles. The number of piperidine rings is 1. The van der Waals surface area contributed by atoms with Crippen molar-refractivity contribution in [1.82, 2.24) is 4.90 Å². The van der Waals surface area contributed by atoms with Crippen molar-refractivity contribution in [3.05, 3.63) is 33.4 Å². The number of nitrogens with zero attached hydrogens (tertiary/aromatic N) is 1. The molecule has 0 amide bonds. The van der Waals surface area contributed by atoms with Gasteiger partial charge in [-0.2, -0.15) is 0 Å². The average molecular weight is 344 g/mol. The number of benzene rings is 1. The highest BCUT2D eigenvalue weighted by atomic mass is 127. The van der Waals surface area contributed by atoms with E-state index < -0.39 is 0 Å². The van der Waals surface area contributed by atoms with Crippen LogP contribution in [0.1, 0.15) is 18.9 Å². The Bertz CT molecular complexity index is 367. The summed E-state index contributed by atoms with van der Waals surface area (Å²) < 4.78 is 1.32. The third-order valence-corrected chi connectivity index (χ3v) is 4.47. The van der Waals surface area contributed by atoms with Crippen LogP contribution in [0.4, 0.5) is 0 Å². The Morgan fingerprint density at radius 3 is 3.00 bits per heavy atom. The molecule has 0 radical (unpaired) electrons. The molecule has 3 heteroatoms. The summed E-state index contributed by atoms with van der Waals surface area (Å²) >= 11 is 2.38. The molecule has 0 aromatic heterocycles. The van der Waals surface area contributed by atoms with E-state index in [0.717, 1.165) is 25.6 Å². The molecule has 1 fully saturated rings. The van der Waals surface area contributed by atoms with Crippen LogP contribution in [0.25, 0.3) is 0 Å². The van der Waals surface area contributed by atoms with Gasteiger partial charge in [-0.25, -0.2) is 0 Å². The first-order valence-corrected chi connectivity index (χ1v) is 7.44. The van der Waals surface area contributed by atoms with Crippen LogP contribution in [-0.4, -0.2) is 24.5 Å². The van der Waals surface area contributed by atoms with E-state index in [1.807, 2.05) is 0 Å². The lowest BCUT2D eigenvalue weighted by molar-refractivity contribution is 0.126. The SMILES string of the molecule is CC1CCN(Cc2cccc(I)c2)CC1CN. The minimum atomic E-state index is 0.673. The molecule has 2 atom stereocenters. The third kappa shape index (κ3) is 3.66. The maximum atomic E-state index is 5.85. The smallest absolute Gasteiger partial charge is 0.0234 e. The van der Waals surface area contributed by atoms with Crippen LogP contribution in [0.5, 0.6) is 0 Å². The predicted octanol–water partition coefficient (Wildman–Crippen LogP) is 2.71. The minimum absolute atomic E-state index is 0.673. The molecule has 1 aliphatic heterocycles. The molecule has 2 rings (SSSR count). The van der Waals surface area contributed by atoms with E-state index in [2.05, 4.69) is 58.7 Å². The Hall–Kier alpha value is -0.130. The Kier molecular flexibility index (Phi) is 4.82. The van der Waals surface area contributed by atoms with Crippen LogP contribution in [0, 0.1) is 15.4 Å². The van der Waals surface area contributed by atoms with E-state index in [0.29, 0.717) is 5.92 Å². The lowest BCUT2D eigenvalue weighted by atomic mass is 9.87. The van der Waals surface area contributed by atoms with Crippen molar-refractivity contribution < 1.29 is 0 Å². The summed E-state index contributed by atoms with van der Waals surface area (Å²) in [6.45, 7) is 6.59. The van der Waals surface area contributed by atoms with Crippen molar-refractivity contribution in [1.29, 1.82) is 0 Å². The summed E-state index contributed by atoms with van der Waals surface area (Å²) in [7, 11) is 0. The molecular formula is C14H21IN2. The molecule has 17 heavy (non-hydrogen) atoms. The Morgan fingerprint density at radius 1 is 1.47 bits per heavy atom. The molecule has 1 saturated heterocycles. The maximum Gasteiger partial charge on any atom is 0.0234 e. The Morgan fingerprint density at radius 2 is 2.29 bits per heavy atom. The number of halogens is 1. The lowest BCUT2D eigenvalue weighted by Gasteiger charge is -2.36. The molecule has 1 aromatic rings. The second-order valence-electron chi connectivity index (χ2n) is 5.13. The highest BCUT2D eigenvalue weighted by Gasteiger charge is 2.24. The first kappa shape index (κ1) is 13.3. The van der Waals surface area contributed by atoms with E-state index in [4.69, 9.17) is 5.73 Å². The molecule has 94 valence electrons. The van der Waals surface area contributed by atoms with Gasteiger partial charge in [-0.05, 0) is 71.6 Å². The average Bonchev–Trinajstić information content (AvgIpc) is 2.32. The van der Waals surface area contributed by atoms with E-state index in [1.165, 1.54) is 22.1 Å². The fourth-order valence-corrected chi connectivity index (χ4v) is 3.18. The highest BCUT2D eigenvalue weighted by Crippen LogP contribution is 2.23. The van der Waals surface area contributed by atoms with Gasteiger partial charge in [-0.1, -0.05) is 19.1 Å². The standard InChI is InChI=1S/C14H21IN2/c1-11-5-6-17(10-13(11)8-16)9-12-3-2-4-14(15)7-12/h2-4,7,11,13H,5-6,8-10,16H2,1H3. The fraction of sp³-hybridized carbons (Fsp3) is 0.571. The number of rotatable bonds is 3. The van der Waals surface area contributed by atoms with Crippen LogP contribution in [0.2, 0.25) is 0 Å². The third-order valence-electron chi connectivity index (χ3n) is 3.80. The molecule has 0 aliphatic carbocycles. The van der Waals surface area contributed by atoms with Crippen molar-refractivity contribution >= 4 is 22.6 Å². The minimum Gasteiger partial charge on any atom is -0.330 e. The van der Waals surface area contributed by atoms with Gasteiger partial charge in [-0.15, -0.1) is 0 Å². The summed E-state index contributed by atoms with van der Waals surface area (Å²) in [4.78, 5) is 2.54. The number of nitrogens with two attached hydrogens (primary N) is 1. The van der Waals surface area contributed by atoms with Crippen LogP contribution in [0.3, 0.4) is 0 Å². The zero-order valence-electron chi connectivity index (χ0n) is 10.4. The van der Waals surface area contributed by atoms with Crippen LogP contribution < -0.4 is 5.73 Å². The van der Waals surface area contributed by atoms with E-state index >= 15 is 0 Å². The zero-order chi connectivity index (χ0) is 12.3. The van der Waals surface area contributed by atoms with Gasteiger partial charge in [0, 0.05) is 16.7 Å². The number of hydrogen-bond acceptors (Lipinski definition) is 2. The molecule has 2 unspecified atom stereocenters. The van der Waals surface area contributed by atoms with Gasteiger partial charge in [0.25, 0.3) is 0 Å². The molecule has 0 bridgehead atoms. The highest BCUT2D eigenvalue weighted by molar-refractivity contribution is 14.1. The summed E-state index contributed by atoms with van der Waals surface area (Å²) in [5.74, 6) is 1.46. The Balaban J connectivity index is 1.95. The van der Waals surface area contributed by atoms with Crippen LogP contribution in [-0.2, 0) is 6.54 Å². The molecule has 0 saturated carbocycles. The number of hydrogen-bond donors (Lipinski definition) is 1. The van der Waals surface area contributed by atoms with Gasteiger partial charge < -0.3 is 5.73 Å². The second kappa shape index (κ2) is 6.16. The molecule has 0 spiro atoms. The predicted molar refractivity (Wildman–Crippen MR) is 80.8 cm³/mol. The van der Waals surface area contributed by atoms with Crippen molar-refractivity contribution in [2.75, 3.05) is 19.6 Å². The first-order valence-electron chi connectivity index (χ1n) is 6.36. The molecule has 1 aromatic carbocycles. The normalized spacial score (nSPS) is 26.1.